The highest BCUT2D eigenvalue weighted by Crippen LogP contribution is 2.48. The molecular weight excluding hydrogens is 200 g/mol. The quantitative estimate of drug-likeness (QED) is 0.688. The average Bonchev–Trinajstić information content (AvgIpc) is 3.11. The highest BCUT2D eigenvalue weighted by atomic mass is 16.1. The largest absolute Gasteiger partial charge is 0.359 e. The summed E-state index contributed by atoms with van der Waals surface area (Å²) in [6, 6.07) is 0.306. The molecule has 0 bridgehead atoms. The van der Waals surface area contributed by atoms with Gasteiger partial charge in [0.1, 0.15) is 0 Å². The summed E-state index contributed by atoms with van der Waals surface area (Å²) in [5.74, 6) is 3.01. The van der Waals surface area contributed by atoms with Gasteiger partial charge in [0.15, 0.2) is 0 Å². The monoisotopic (exact) mass is 224 g/mol. The van der Waals surface area contributed by atoms with E-state index in [1.165, 1.54) is 25.7 Å². The normalized spacial score (nSPS) is 22.2. The molecule has 3 nitrogen and oxygen atoms in total. The van der Waals surface area contributed by atoms with Crippen LogP contribution in [-0.2, 0) is 4.79 Å². The average molecular weight is 224 g/mol. The number of hydrogen-bond donors (Lipinski definition) is 2. The van der Waals surface area contributed by atoms with Gasteiger partial charge < -0.3 is 10.6 Å². The maximum atomic E-state index is 11.2. The Morgan fingerprint density at radius 1 is 1.25 bits per heavy atom. The lowest BCUT2D eigenvalue weighted by atomic mass is 9.97. The zero-order chi connectivity index (χ0) is 11.5. The van der Waals surface area contributed by atoms with Crippen molar-refractivity contribution in [2.24, 2.45) is 17.8 Å². The van der Waals surface area contributed by atoms with Crippen LogP contribution in [0.2, 0.25) is 0 Å². The van der Waals surface area contributed by atoms with Gasteiger partial charge in [-0.3, -0.25) is 4.79 Å². The zero-order valence-corrected chi connectivity index (χ0v) is 10.5. The smallest absolute Gasteiger partial charge is 0.221 e. The standard InChI is InChI=1S/C13H24N2O/c1-9(7-13(16)14-2)15-8-12(10-3-4-10)11-5-6-11/h9-12,15H,3-8H2,1-2H3,(H,14,16). The SMILES string of the molecule is CNC(=O)CC(C)NCC(C1CC1)C1CC1. The third-order valence-corrected chi connectivity index (χ3v) is 3.93. The summed E-state index contributed by atoms with van der Waals surface area (Å²) in [4.78, 5) is 11.2. The van der Waals surface area contributed by atoms with E-state index < -0.39 is 0 Å². The van der Waals surface area contributed by atoms with Crippen molar-refractivity contribution >= 4 is 5.91 Å². The highest BCUT2D eigenvalue weighted by Gasteiger charge is 2.40. The summed E-state index contributed by atoms with van der Waals surface area (Å²) in [5, 5.41) is 6.20. The Hall–Kier alpha value is -0.570. The van der Waals surface area contributed by atoms with Crippen molar-refractivity contribution < 1.29 is 4.79 Å². The van der Waals surface area contributed by atoms with E-state index in [0.29, 0.717) is 12.5 Å². The molecule has 2 rings (SSSR count). The number of carbonyl (C=O) groups excluding carboxylic acids is 1. The van der Waals surface area contributed by atoms with Crippen LogP contribution in [0.3, 0.4) is 0 Å². The van der Waals surface area contributed by atoms with Gasteiger partial charge in [0, 0.05) is 19.5 Å². The number of rotatable bonds is 7. The van der Waals surface area contributed by atoms with E-state index in [2.05, 4.69) is 17.6 Å². The van der Waals surface area contributed by atoms with Gasteiger partial charge in [0.05, 0.1) is 0 Å². The molecule has 2 fully saturated rings. The van der Waals surface area contributed by atoms with E-state index >= 15 is 0 Å². The Morgan fingerprint density at radius 2 is 1.81 bits per heavy atom. The molecule has 3 heteroatoms. The minimum atomic E-state index is 0.134. The zero-order valence-electron chi connectivity index (χ0n) is 10.5. The van der Waals surface area contributed by atoms with Crippen LogP contribution < -0.4 is 10.6 Å². The van der Waals surface area contributed by atoms with Crippen molar-refractivity contribution in [3.05, 3.63) is 0 Å². The second kappa shape index (κ2) is 5.17. The van der Waals surface area contributed by atoms with Crippen molar-refractivity contribution in [3.63, 3.8) is 0 Å². The van der Waals surface area contributed by atoms with Crippen LogP contribution in [0, 0.1) is 17.8 Å². The topological polar surface area (TPSA) is 41.1 Å². The van der Waals surface area contributed by atoms with Gasteiger partial charge in [-0.05, 0) is 56.9 Å². The molecule has 92 valence electrons. The summed E-state index contributed by atoms with van der Waals surface area (Å²) >= 11 is 0. The maximum Gasteiger partial charge on any atom is 0.221 e. The summed E-state index contributed by atoms with van der Waals surface area (Å²) < 4.78 is 0. The first-order valence-electron chi connectivity index (χ1n) is 6.64. The van der Waals surface area contributed by atoms with E-state index in [1.54, 1.807) is 7.05 Å². The summed E-state index contributed by atoms with van der Waals surface area (Å²) in [5.41, 5.74) is 0. The predicted molar refractivity (Wildman–Crippen MR) is 65.1 cm³/mol. The molecule has 1 atom stereocenters. The maximum absolute atomic E-state index is 11.2. The Morgan fingerprint density at radius 3 is 2.25 bits per heavy atom. The molecule has 0 aromatic carbocycles. The fourth-order valence-electron chi connectivity index (χ4n) is 2.56. The van der Waals surface area contributed by atoms with Crippen molar-refractivity contribution in [1.29, 1.82) is 0 Å². The van der Waals surface area contributed by atoms with E-state index in [0.717, 1.165) is 24.3 Å². The third kappa shape index (κ3) is 3.48. The first kappa shape index (κ1) is 11.9. The first-order valence-corrected chi connectivity index (χ1v) is 6.64. The molecule has 0 aromatic heterocycles. The Balaban J connectivity index is 1.66. The van der Waals surface area contributed by atoms with E-state index in [9.17, 15) is 4.79 Å². The van der Waals surface area contributed by atoms with Gasteiger partial charge in [-0.25, -0.2) is 0 Å². The van der Waals surface area contributed by atoms with Crippen molar-refractivity contribution in [3.8, 4) is 0 Å². The van der Waals surface area contributed by atoms with E-state index in [-0.39, 0.29) is 5.91 Å². The molecular formula is C13H24N2O. The van der Waals surface area contributed by atoms with Crippen LogP contribution in [0.4, 0.5) is 0 Å². The van der Waals surface area contributed by atoms with Gasteiger partial charge in [0.25, 0.3) is 0 Å². The van der Waals surface area contributed by atoms with Gasteiger partial charge >= 0.3 is 0 Å². The highest BCUT2D eigenvalue weighted by molar-refractivity contribution is 5.76. The molecule has 2 saturated carbocycles. The second-order valence-electron chi connectivity index (χ2n) is 5.53. The molecule has 16 heavy (non-hydrogen) atoms. The van der Waals surface area contributed by atoms with Crippen LogP contribution in [0.1, 0.15) is 39.0 Å². The van der Waals surface area contributed by atoms with Crippen LogP contribution >= 0.6 is 0 Å². The first-order chi connectivity index (χ1) is 7.70. The van der Waals surface area contributed by atoms with Crippen LogP contribution in [-0.4, -0.2) is 25.5 Å². The van der Waals surface area contributed by atoms with Gasteiger partial charge in [0.2, 0.25) is 5.91 Å². The van der Waals surface area contributed by atoms with Gasteiger partial charge in [-0.15, -0.1) is 0 Å². The van der Waals surface area contributed by atoms with E-state index in [1.807, 2.05) is 0 Å². The van der Waals surface area contributed by atoms with Gasteiger partial charge in [-0.1, -0.05) is 0 Å². The van der Waals surface area contributed by atoms with Crippen LogP contribution in [0.15, 0.2) is 0 Å². The number of nitrogens with one attached hydrogen (secondary N) is 2. The molecule has 2 aliphatic carbocycles. The molecule has 0 aliphatic heterocycles. The minimum Gasteiger partial charge on any atom is -0.359 e. The van der Waals surface area contributed by atoms with Gasteiger partial charge in [-0.2, -0.15) is 0 Å². The molecule has 0 saturated heterocycles. The second-order valence-corrected chi connectivity index (χ2v) is 5.53. The predicted octanol–water partition coefficient (Wildman–Crippen LogP) is 1.54. The lowest BCUT2D eigenvalue weighted by Crippen LogP contribution is -2.36. The molecule has 0 radical (unpaired) electrons. The molecule has 0 spiro atoms. The fraction of sp³-hybridized carbons (Fsp3) is 0.923. The molecule has 0 aromatic rings. The minimum absolute atomic E-state index is 0.134. The molecule has 0 heterocycles. The lowest BCUT2D eigenvalue weighted by molar-refractivity contribution is -0.121. The third-order valence-electron chi connectivity index (χ3n) is 3.93. The molecule has 1 unspecified atom stereocenters. The van der Waals surface area contributed by atoms with Crippen LogP contribution in [0.5, 0.6) is 0 Å². The summed E-state index contributed by atoms with van der Waals surface area (Å²) in [6.45, 7) is 3.22. The Kier molecular flexibility index (Phi) is 3.85. The molecule has 1 amide bonds. The summed E-state index contributed by atoms with van der Waals surface area (Å²) in [6.07, 6.45) is 6.34. The van der Waals surface area contributed by atoms with Crippen molar-refractivity contribution in [2.45, 2.75) is 45.1 Å². The summed E-state index contributed by atoms with van der Waals surface area (Å²) in [7, 11) is 1.70. The van der Waals surface area contributed by atoms with E-state index in [4.69, 9.17) is 0 Å². The fourth-order valence-corrected chi connectivity index (χ4v) is 2.56. The number of carbonyl (C=O) groups is 1. The molecule has 2 aliphatic rings. The Labute approximate surface area is 98.4 Å². The number of hydrogen-bond acceptors (Lipinski definition) is 2. The number of amides is 1. The van der Waals surface area contributed by atoms with Crippen molar-refractivity contribution in [1.82, 2.24) is 10.6 Å². The van der Waals surface area contributed by atoms with Crippen LogP contribution in [0.25, 0.3) is 0 Å². The lowest BCUT2D eigenvalue weighted by Gasteiger charge is -2.19. The van der Waals surface area contributed by atoms with Crippen molar-refractivity contribution in [2.75, 3.05) is 13.6 Å². The Bertz CT molecular complexity index is 234. The molecule has 2 N–H and O–H groups in total.